The fourth-order valence-corrected chi connectivity index (χ4v) is 2.22. The molecule has 1 saturated carbocycles. The average Bonchev–Trinajstić information content (AvgIpc) is 3.12. The molecule has 0 aliphatic heterocycles. The van der Waals surface area contributed by atoms with Crippen molar-refractivity contribution in [3.8, 4) is 0 Å². The van der Waals surface area contributed by atoms with Crippen LogP contribution in [0.15, 0.2) is 24.7 Å². The molecule has 0 atom stereocenters. The molecule has 2 heterocycles. The van der Waals surface area contributed by atoms with Gasteiger partial charge in [-0.1, -0.05) is 23.2 Å². The van der Waals surface area contributed by atoms with Crippen molar-refractivity contribution in [3.63, 3.8) is 0 Å². The highest BCUT2D eigenvalue weighted by Crippen LogP contribution is 2.37. The summed E-state index contributed by atoms with van der Waals surface area (Å²) in [6, 6.07) is 3.52. The Kier molecular flexibility index (Phi) is 3.16. The Hall–Kier alpha value is -1.59. The standard InChI is InChI=1S/C12H10Cl2N4O/c13-7-3-9(18(5-7)8-1-2-8)12(19)17-11-4-10(14)15-6-16-11/h3-6,8H,1-2H2,(H,15,16,17,19). The molecule has 3 rings (SSSR count). The van der Waals surface area contributed by atoms with Gasteiger partial charge in [-0.3, -0.25) is 4.79 Å². The number of carbonyl (C=O) groups is 1. The number of nitrogens with one attached hydrogen (secondary N) is 1. The maximum Gasteiger partial charge on any atom is 0.273 e. The van der Waals surface area contributed by atoms with E-state index in [0.29, 0.717) is 22.6 Å². The average molecular weight is 297 g/mol. The molecule has 1 aliphatic carbocycles. The van der Waals surface area contributed by atoms with Crippen molar-refractivity contribution in [1.29, 1.82) is 0 Å². The van der Waals surface area contributed by atoms with Crippen LogP contribution < -0.4 is 5.32 Å². The van der Waals surface area contributed by atoms with Crippen LogP contribution >= 0.6 is 23.2 Å². The van der Waals surface area contributed by atoms with Crippen LogP contribution in [-0.4, -0.2) is 20.4 Å². The second kappa shape index (κ2) is 4.83. The van der Waals surface area contributed by atoms with E-state index in [1.165, 1.54) is 12.4 Å². The Morgan fingerprint density at radius 1 is 1.32 bits per heavy atom. The Morgan fingerprint density at radius 2 is 2.11 bits per heavy atom. The minimum Gasteiger partial charge on any atom is -0.339 e. The fourth-order valence-electron chi connectivity index (χ4n) is 1.86. The third kappa shape index (κ3) is 2.72. The lowest BCUT2D eigenvalue weighted by Gasteiger charge is -2.07. The van der Waals surface area contributed by atoms with Crippen LogP contribution in [0.5, 0.6) is 0 Å². The SMILES string of the molecule is O=C(Nc1cc(Cl)ncn1)c1cc(Cl)cn1C1CC1. The van der Waals surface area contributed by atoms with Crippen molar-refractivity contribution in [3.05, 3.63) is 40.5 Å². The molecular formula is C12H10Cl2N4O. The molecule has 0 unspecified atom stereocenters. The van der Waals surface area contributed by atoms with Gasteiger partial charge in [0.15, 0.2) is 0 Å². The summed E-state index contributed by atoms with van der Waals surface area (Å²) in [4.78, 5) is 19.9. The predicted molar refractivity (Wildman–Crippen MR) is 72.7 cm³/mol. The van der Waals surface area contributed by atoms with Crippen molar-refractivity contribution in [1.82, 2.24) is 14.5 Å². The molecular weight excluding hydrogens is 287 g/mol. The van der Waals surface area contributed by atoms with Crippen molar-refractivity contribution in [2.45, 2.75) is 18.9 Å². The van der Waals surface area contributed by atoms with Crippen molar-refractivity contribution >= 4 is 34.9 Å². The molecule has 1 aliphatic rings. The largest absolute Gasteiger partial charge is 0.339 e. The summed E-state index contributed by atoms with van der Waals surface area (Å²) in [6.45, 7) is 0. The second-order valence-electron chi connectivity index (χ2n) is 4.36. The number of aromatic nitrogens is 3. The molecule has 19 heavy (non-hydrogen) atoms. The van der Waals surface area contributed by atoms with Gasteiger partial charge in [0.1, 0.15) is 23.0 Å². The highest BCUT2D eigenvalue weighted by atomic mass is 35.5. The second-order valence-corrected chi connectivity index (χ2v) is 5.19. The zero-order valence-corrected chi connectivity index (χ0v) is 11.3. The van der Waals surface area contributed by atoms with E-state index in [9.17, 15) is 4.79 Å². The number of carbonyl (C=O) groups excluding carboxylic acids is 1. The molecule has 0 saturated heterocycles. The third-order valence-corrected chi connectivity index (χ3v) is 3.28. The van der Waals surface area contributed by atoms with E-state index < -0.39 is 0 Å². The summed E-state index contributed by atoms with van der Waals surface area (Å²) in [5.74, 6) is 0.109. The fraction of sp³-hybridized carbons (Fsp3) is 0.250. The third-order valence-electron chi connectivity index (χ3n) is 2.86. The van der Waals surface area contributed by atoms with Crippen LogP contribution in [0.25, 0.3) is 0 Å². The molecule has 0 radical (unpaired) electrons. The predicted octanol–water partition coefficient (Wildman–Crippen LogP) is 3.17. The lowest BCUT2D eigenvalue weighted by molar-refractivity contribution is 0.101. The Bertz CT molecular complexity index is 636. The van der Waals surface area contributed by atoms with Gasteiger partial charge in [-0.15, -0.1) is 0 Å². The molecule has 1 amide bonds. The first-order valence-corrected chi connectivity index (χ1v) is 6.55. The molecule has 2 aromatic rings. The van der Waals surface area contributed by atoms with Gasteiger partial charge in [0, 0.05) is 18.3 Å². The van der Waals surface area contributed by atoms with E-state index in [0.717, 1.165) is 12.8 Å². The molecule has 7 heteroatoms. The van der Waals surface area contributed by atoms with Crippen LogP contribution in [0, 0.1) is 0 Å². The van der Waals surface area contributed by atoms with Gasteiger partial charge < -0.3 is 9.88 Å². The van der Waals surface area contributed by atoms with Gasteiger partial charge in [0.2, 0.25) is 0 Å². The quantitative estimate of drug-likeness (QED) is 0.885. The Labute approximate surface area is 119 Å². The normalized spacial score (nSPS) is 14.4. The molecule has 0 spiro atoms. The van der Waals surface area contributed by atoms with E-state index in [2.05, 4.69) is 15.3 Å². The molecule has 98 valence electrons. The van der Waals surface area contributed by atoms with Crippen LogP contribution in [-0.2, 0) is 0 Å². The molecule has 5 nitrogen and oxygen atoms in total. The summed E-state index contributed by atoms with van der Waals surface area (Å²) in [7, 11) is 0. The number of rotatable bonds is 3. The van der Waals surface area contributed by atoms with Crippen molar-refractivity contribution in [2.75, 3.05) is 5.32 Å². The maximum absolute atomic E-state index is 12.2. The summed E-state index contributed by atoms with van der Waals surface area (Å²) < 4.78 is 1.90. The van der Waals surface area contributed by atoms with Gasteiger partial charge in [-0.2, -0.15) is 0 Å². The summed E-state index contributed by atoms with van der Waals surface area (Å²) in [5, 5.41) is 3.51. The highest BCUT2D eigenvalue weighted by molar-refractivity contribution is 6.31. The van der Waals surface area contributed by atoms with E-state index in [-0.39, 0.29) is 11.1 Å². The Balaban J connectivity index is 1.84. The number of hydrogen-bond donors (Lipinski definition) is 1. The molecule has 2 aromatic heterocycles. The summed E-state index contributed by atoms with van der Waals surface area (Å²) >= 11 is 11.7. The van der Waals surface area contributed by atoms with Crippen LogP contribution in [0.3, 0.4) is 0 Å². The highest BCUT2D eigenvalue weighted by Gasteiger charge is 2.27. The monoisotopic (exact) mass is 296 g/mol. The number of halogens is 2. The first kappa shape index (κ1) is 12.4. The van der Waals surface area contributed by atoms with E-state index >= 15 is 0 Å². The van der Waals surface area contributed by atoms with Crippen LogP contribution in [0.1, 0.15) is 29.4 Å². The van der Waals surface area contributed by atoms with Gasteiger partial charge in [0.05, 0.1) is 5.02 Å². The van der Waals surface area contributed by atoms with E-state index in [4.69, 9.17) is 23.2 Å². The van der Waals surface area contributed by atoms with Gasteiger partial charge >= 0.3 is 0 Å². The van der Waals surface area contributed by atoms with Gasteiger partial charge in [-0.05, 0) is 18.9 Å². The van der Waals surface area contributed by atoms with Gasteiger partial charge in [-0.25, -0.2) is 9.97 Å². The topological polar surface area (TPSA) is 59.8 Å². The summed E-state index contributed by atoms with van der Waals surface area (Å²) in [6.07, 6.45) is 5.22. The number of amides is 1. The maximum atomic E-state index is 12.2. The van der Waals surface area contributed by atoms with Crippen LogP contribution in [0.2, 0.25) is 10.2 Å². The lowest BCUT2D eigenvalue weighted by Crippen LogP contribution is -2.17. The Morgan fingerprint density at radius 3 is 2.79 bits per heavy atom. The first-order chi connectivity index (χ1) is 9.13. The minimum absolute atomic E-state index is 0.256. The van der Waals surface area contributed by atoms with E-state index in [1.807, 2.05) is 4.57 Å². The lowest BCUT2D eigenvalue weighted by atomic mass is 10.4. The first-order valence-electron chi connectivity index (χ1n) is 5.80. The molecule has 1 N–H and O–H groups in total. The van der Waals surface area contributed by atoms with Crippen LogP contribution in [0.4, 0.5) is 5.82 Å². The summed E-state index contributed by atoms with van der Waals surface area (Å²) in [5.41, 5.74) is 0.530. The number of hydrogen-bond acceptors (Lipinski definition) is 3. The van der Waals surface area contributed by atoms with E-state index in [1.54, 1.807) is 12.3 Å². The molecule has 0 bridgehead atoms. The number of nitrogens with zero attached hydrogens (tertiary/aromatic N) is 3. The molecule has 0 aromatic carbocycles. The zero-order valence-electron chi connectivity index (χ0n) is 9.81. The van der Waals surface area contributed by atoms with Crippen molar-refractivity contribution < 1.29 is 4.79 Å². The molecule has 1 fully saturated rings. The van der Waals surface area contributed by atoms with Crippen molar-refractivity contribution in [2.24, 2.45) is 0 Å². The zero-order chi connectivity index (χ0) is 13.4. The number of anilines is 1. The smallest absolute Gasteiger partial charge is 0.273 e. The minimum atomic E-state index is -0.256. The van der Waals surface area contributed by atoms with Gasteiger partial charge in [0.25, 0.3) is 5.91 Å².